The molecule has 0 aliphatic heterocycles. The average Bonchev–Trinajstić information content (AvgIpc) is 2.83. The maximum Gasteiger partial charge on any atom is 0.121 e. The third kappa shape index (κ3) is 3.03. The van der Waals surface area contributed by atoms with Crippen LogP contribution in [0.2, 0.25) is 0 Å². The number of anilines is 1. The van der Waals surface area contributed by atoms with E-state index in [2.05, 4.69) is 12.2 Å². The van der Waals surface area contributed by atoms with Crippen molar-refractivity contribution < 1.29 is 9.15 Å². The summed E-state index contributed by atoms with van der Waals surface area (Å²) in [6.07, 6.45) is 3.44. The molecule has 0 saturated carbocycles. The molecule has 2 aromatic rings. The molecule has 2 rings (SSSR count). The molecular formula is C14H17NO2. The van der Waals surface area contributed by atoms with Gasteiger partial charge in [-0.3, -0.25) is 0 Å². The van der Waals surface area contributed by atoms with Crippen LogP contribution in [0, 0.1) is 0 Å². The second kappa shape index (κ2) is 5.43. The van der Waals surface area contributed by atoms with E-state index in [-0.39, 0.29) is 6.04 Å². The maximum absolute atomic E-state index is 5.46. The number of benzene rings is 1. The fraction of sp³-hybridized carbons (Fsp3) is 0.286. The Kier molecular flexibility index (Phi) is 3.70. The van der Waals surface area contributed by atoms with Gasteiger partial charge in [0, 0.05) is 17.3 Å². The van der Waals surface area contributed by atoms with Crippen LogP contribution in [0.4, 0.5) is 5.69 Å². The third-order valence-electron chi connectivity index (χ3n) is 2.57. The molecule has 90 valence electrons. The first-order valence-corrected chi connectivity index (χ1v) is 5.81. The lowest BCUT2D eigenvalue weighted by atomic mass is 10.1. The second-order valence-electron chi connectivity index (χ2n) is 3.88. The van der Waals surface area contributed by atoms with E-state index in [0.29, 0.717) is 6.61 Å². The maximum atomic E-state index is 5.46. The van der Waals surface area contributed by atoms with Gasteiger partial charge in [0.1, 0.15) is 5.75 Å². The quantitative estimate of drug-likeness (QED) is 0.848. The summed E-state index contributed by atoms with van der Waals surface area (Å²) in [5.41, 5.74) is 2.18. The van der Waals surface area contributed by atoms with Crippen molar-refractivity contribution in [3.63, 3.8) is 0 Å². The number of hydrogen-bond acceptors (Lipinski definition) is 3. The first kappa shape index (κ1) is 11.6. The minimum atomic E-state index is 0.214. The fourth-order valence-corrected chi connectivity index (χ4v) is 1.70. The van der Waals surface area contributed by atoms with Crippen LogP contribution in [-0.2, 0) is 0 Å². The lowest BCUT2D eigenvalue weighted by Crippen LogP contribution is -2.05. The number of ether oxygens (including phenoxy) is 1. The Labute approximate surface area is 101 Å². The highest BCUT2D eigenvalue weighted by Gasteiger charge is 2.06. The second-order valence-corrected chi connectivity index (χ2v) is 3.88. The van der Waals surface area contributed by atoms with Gasteiger partial charge in [-0.2, -0.15) is 0 Å². The van der Waals surface area contributed by atoms with Crippen molar-refractivity contribution in [3.8, 4) is 5.75 Å². The lowest BCUT2D eigenvalue weighted by molar-refractivity contribution is 0.340. The van der Waals surface area contributed by atoms with E-state index in [4.69, 9.17) is 9.15 Å². The van der Waals surface area contributed by atoms with E-state index in [9.17, 15) is 0 Å². The smallest absolute Gasteiger partial charge is 0.121 e. The Bertz CT molecular complexity index is 451. The zero-order valence-corrected chi connectivity index (χ0v) is 10.1. The molecule has 0 aliphatic carbocycles. The molecule has 0 amide bonds. The normalized spacial score (nSPS) is 12.1. The number of rotatable bonds is 5. The van der Waals surface area contributed by atoms with Gasteiger partial charge in [-0.1, -0.05) is 6.07 Å². The van der Waals surface area contributed by atoms with Crippen molar-refractivity contribution in [1.29, 1.82) is 0 Å². The summed E-state index contributed by atoms with van der Waals surface area (Å²) in [5.74, 6) is 0.886. The Morgan fingerprint density at radius 1 is 1.35 bits per heavy atom. The van der Waals surface area contributed by atoms with Crippen molar-refractivity contribution in [1.82, 2.24) is 0 Å². The summed E-state index contributed by atoms with van der Waals surface area (Å²) in [7, 11) is 0. The van der Waals surface area contributed by atoms with E-state index in [1.807, 2.05) is 37.3 Å². The SMILES string of the molecule is CCOc1cccc(NC(C)c2ccoc2)c1. The van der Waals surface area contributed by atoms with E-state index in [0.717, 1.165) is 17.0 Å². The number of furan rings is 1. The highest BCUT2D eigenvalue weighted by atomic mass is 16.5. The van der Waals surface area contributed by atoms with Crippen molar-refractivity contribution in [2.24, 2.45) is 0 Å². The summed E-state index contributed by atoms with van der Waals surface area (Å²) in [5, 5.41) is 3.40. The Hall–Kier alpha value is -1.90. The molecule has 1 atom stereocenters. The zero-order valence-electron chi connectivity index (χ0n) is 10.1. The largest absolute Gasteiger partial charge is 0.494 e. The monoisotopic (exact) mass is 231 g/mol. The molecule has 0 spiro atoms. The molecule has 0 saturated heterocycles. The minimum absolute atomic E-state index is 0.214. The van der Waals surface area contributed by atoms with Crippen LogP contribution in [0.15, 0.2) is 47.3 Å². The van der Waals surface area contributed by atoms with Crippen LogP contribution < -0.4 is 10.1 Å². The van der Waals surface area contributed by atoms with Gasteiger partial charge in [0.2, 0.25) is 0 Å². The van der Waals surface area contributed by atoms with Crippen molar-refractivity contribution >= 4 is 5.69 Å². The molecule has 3 nitrogen and oxygen atoms in total. The Balaban J connectivity index is 2.05. The van der Waals surface area contributed by atoms with Gasteiger partial charge in [-0.15, -0.1) is 0 Å². The van der Waals surface area contributed by atoms with E-state index in [1.165, 1.54) is 0 Å². The molecule has 1 aromatic heterocycles. The average molecular weight is 231 g/mol. The summed E-state index contributed by atoms with van der Waals surface area (Å²) in [6.45, 7) is 4.76. The first-order valence-electron chi connectivity index (χ1n) is 5.81. The first-order chi connectivity index (χ1) is 8.29. The summed E-state index contributed by atoms with van der Waals surface area (Å²) < 4.78 is 10.5. The van der Waals surface area contributed by atoms with Crippen LogP contribution in [0.3, 0.4) is 0 Å². The Morgan fingerprint density at radius 2 is 2.24 bits per heavy atom. The van der Waals surface area contributed by atoms with E-state index in [1.54, 1.807) is 12.5 Å². The number of hydrogen-bond donors (Lipinski definition) is 1. The summed E-state index contributed by atoms with van der Waals surface area (Å²) in [6, 6.07) is 10.1. The Morgan fingerprint density at radius 3 is 2.94 bits per heavy atom. The number of nitrogens with one attached hydrogen (secondary N) is 1. The van der Waals surface area contributed by atoms with Gasteiger partial charge in [0.25, 0.3) is 0 Å². The van der Waals surface area contributed by atoms with Crippen molar-refractivity contribution in [3.05, 3.63) is 48.4 Å². The molecule has 1 aromatic carbocycles. The van der Waals surface area contributed by atoms with Crippen LogP contribution >= 0.6 is 0 Å². The molecule has 0 bridgehead atoms. The molecule has 17 heavy (non-hydrogen) atoms. The molecule has 0 radical (unpaired) electrons. The fourth-order valence-electron chi connectivity index (χ4n) is 1.70. The van der Waals surface area contributed by atoms with Gasteiger partial charge in [-0.05, 0) is 32.0 Å². The van der Waals surface area contributed by atoms with Gasteiger partial charge in [0.05, 0.1) is 25.2 Å². The zero-order chi connectivity index (χ0) is 12.1. The molecule has 0 aliphatic rings. The summed E-state index contributed by atoms with van der Waals surface area (Å²) in [4.78, 5) is 0. The molecular weight excluding hydrogens is 214 g/mol. The van der Waals surface area contributed by atoms with E-state index < -0.39 is 0 Å². The highest BCUT2D eigenvalue weighted by Crippen LogP contribution is 2.22. The minimum Gasteiger partial charge on any atom is -0.494 e. The van der Waals surface area contributed by atoms with Gasteiger partial charge in [0.15, 0.2) is 0 Å². The van der Waals surface area contributed by atoms with Gasteiger partial charge < -0.3 is 14.5 Å². The van der Waals surface area contributed by atoms with Crippen LogP contribution in [0.25, 0.3) is 0 Å². The molecule has 0 fully saturated rings. The standard InChI is InChI=1S/C14H17NO2/c1-3-17-14-6-4-5-13(9-14)15-11(2)12-7-8-16-10-12/h4-11,15H,3H2,1-2H3. The van der Waals surface area contributed by atoms with Crippen LogP contribution in [0.1, 0.15) is 25.5 Å². The third-order valence-corrected chi connectivity index (χ3v) is 2.57. The van der Waals surface area contributed by atoms with E-state index >= 15 is 0 Å². The van der Waals surface area contributed by atoms with Gasteiger partial charge in [-0.25, -0.2) is 0 Å². The lowest BCUT2D eigenvalue weighted by Gasteiger charge is -2.14. The van der Waals surface area contributed by atoms with Crippen LogP contribution in [-0.4, -0.2) is 6.61 Å². The molecule has 1 heterocycles. The van der Waals surface area contributed by atoms with Crippen molar-refractivity contribution in [2.75, 3.05) is 11.9 Å². The molecule has 1 unspecified atom stereocenters. The summed E-state index contributed by atoms with van der Waals surface area (Å²) >= 11 is 0. The highest BCUT2D eigenvalue weighted by molar-refractivity contribution is 5.49. The molecule has 1 N–H and O–H groups in total. The molecule has 3 heteroatoms. The van der Waals surface area contributed by atoms with Gasteiger partial charge >= 0.3 is 0 Å². The van der Waals surface area contributed by atoms with Crippen LogP contribution in [0.5, 0.6) is 5.75 Å². The predicted molar refractivity (Wildman–Crippen MR) is 68.4 cm³/mol. The topological polar surface area (TPSA) is 34.4 Å². The van der Waals surface area contributed by atoms with Crippen molar-refractivity contribution in [2.45, 2.75) is 19.9 Å². The predicted octanol–water partition coefficient (Wildman–Crippen LogP) is 3.85.